The number of carbonyl (C=O) groups is 2. The van der Waals surface area contributed by atoms with Gasteiger partial charge in [0.2, 0.25) is 11.8 Å². The van der Waals surface area contributed by atoms with E-state index in [1.165, 1.54) is 13.0 Å². The third kappa shape index (κ3) is 5.55. The van der Waals surface area contributed by atoms with E-state index in [0.29, 0.717) is 48.7 Å². The van der Waals surface area contributed by atoms with Gasteiger partial charge in [-0.05, 0) is 66.6 Å². The van der Waals surface area contributed by atoms with Gasteiger partial charge in [-0.2, -0.15) is 13.2 Å². The van der Waals surface area contributed by atoms with Crippen LogP contribution in [0.3, 0.4) is 0 Å². The van der Waals surface area contributed by atoms with Crippen LogP contribution < -0.4 is 5.32 Å². The highest BCUT2D eigenvalue weighted by molar-refractivity contribution is 6.31. The normalized spacial score (nSPS) is 19.0. The van der Waals surface area contributed by atoms with Crippen LogP contribution in [0.1, 0.15) is 48.4 Å². The topological polar surface area (TPSA) is 52.7 Å². The van der Waals surface area contributed by atoms with Crippen LogP contribution in [-0.4, -0.2) is 40.7 Å². The zero-order chi connectivity index (χ0) is 24.5. The van der Waals surface area contributed by atoms with Crippen LogP contribution in [0, 0.1) is 0 Å². The average molecular weight is 494 g/mol. The van der Waals surface area contributed by atoms with Crippen molar-refractivity contribution in [3.05, 3.63) is 63.7 Å². The van der Waals surface area contributed by atoms with Gasteiger partial charge in [0.05, 0.1) is 5.56 Å². The number of alkyl halides is 3. The first-order chi connectivity index (χ1) is 16.1. The van der Waals surface area contributed by atoms with E-state index in [1.807, 2.05) is 6.07 Å². The summed E-state index contributed by atoms with van der Waals surface area (Å²) in [5.41, 5.74) is 2.37. The molecular weight excluding hydrogens is 467 g/mol. The van der Waals surface area contributed by atoms with Gasteiger partial charge in [0.25, 0.3) is 0 Å². The van der Waals surface area contributed by atoms with Crippen molar-refractivity contribution < 1.29 is 22.8 Å². The van der Waals surface area contributed by atoms with E-state index in [4.69, 9.17) is 11.6 Å². The average Bonchev–Trinajstić information content (AvgIpc) is 2.79. The molecule has 0 spiro atoms. The summed E-state index contributed by atoms with van der Waals surface area (Å²) >= 11 is 6.49. The first-order valence-corrected chi connectivity index (χ1v) is 11.8. The molecule has 2 aliphatic heterocycles. The van der Waals surface area contributed by atoms with Crippen molar-refractivity contribution in [1.82, 2.24) is 9.80 Å². The summed E-state index contributed by atoms with van der Waals surface area (Å²) in [7, 11) is 0. The van der Waals surface area contributed by atoms with Crippen LogP contribution >= 0.6 is 11.6 Å². The molecule has 1 atom stereocenters. The summed E-state index contributed by atoms with van der Waals surface area (Å²) in [6.07, 6.45) is -1.27. The Kier molecular flexibility index (Phi) is 7.19. The first-order valence-electron chi connectivity index (χ1n) is 11.4. The summed E-state index contributed by atoms with van der Waals surface area (Å²) in [5.74, 6) is -0.342. The quantitative estimate of drug-likeness (QED) is 0.632. The maximum atomic E-state index is 13.1. The van der Waals surface area contributed by atoms with E-state index in [2.05, 4.69) is 10.2 Å². The lowest BCUT2D eigenvalue weighted by atomic mass is 9.97. The number of halogens is 4. The van der Waals surface area contributed by atoms with Crippen LogP contribution in [0.2, 0.25) is 5.02 Å². The molecule has 34 heavy (non-hydrogen) atoms. The molecule has 9 heteroatoms. The van der Waals surface area contributed by atoms with E-state index in [9.17, 15) is 22.8 Å². The number of piperidine rings is 1. The second-order valence-corrected chi connectivity index (χ2v) is 9.37. The number of fused-ring (bicyclic) bond motifs is 1. The molecule has 1 unspecified atom stereocenters. The number of nitrogens with one attached hydrogen (secondary N) is 1. The third-order valence-corrected chi connectivity index (χ3v) is 6.90. The van der Waals surface area contributed by atoms with E-state index in [1.54, 1.807) is 23.1 Å². The Labute approximate surface area is 201 Å². The number of hydrogen-bond donors (Lipinski definition) is 1. The Morgan fingerprint density at radius 2 is 1.88 bits per heavy atom. The molecule has 2 aromatic rings. The zero-order valence-corrected chi connectivity index (χ0v) is 19.7. The highest BCUT2D eigenvalue weighted by Gasteiger charge is 2.32. The summed E-state index contributed by atoms with van der Waals surface area (Å²) in [6.45, 7) is 3.67. The van der Waals surface area contributed by atoms with E-state index < -0.39 is 17.8 Å². The lowest BCUT2D eigenvalue weighted by Crippen LogP contribution is -2.49. The van der Waals surface area contributed by atoms with Gasteiger partial charge >= 0.3 is 6.18 Å². The zero-order valence-electron chi connectivity index (χ0n) is 18.9. The molecule has 182 valence electrons. The first kappa shape index (κ1) is 24.5. The molecule has 0 aromatic heterocycles. The molecule has 1 N–H and O–H groups in total. The van der Waals surface area contributed by atoms with Gasteiger partial charge in [-0.25, -0.2) is 0 Å². The highest BCUT2D eigenvalue weighted by atomic mass is 35.5. The SMILES string of the molecule is CC(=O)N1CCCCC1C(=O)Nc1ccc(CN2CCc3ccc(C(F)(F)F)cc3C2)c(Cl)c1. The second kappa shape index (κ2) is 9.96. The summed E-state index contributed by atoms with van der Waals surface area (Å²) < 4.78 is 39.2. The monoisotopic (exact) mass is 493 g/mol. The number of amides is 2. The van der Waals surface area contributed by atoms with Gasteiger partial charge in [0.1, 0.15) is 6.04 Å². The standard InChI is InChI=1S/C25H27ClF3N3O2/c1-16(33)32-10-3-2-4-23(32)24(34)30-21-8-6-18(22(26)13-21)14-31-11-9-17-5-7-20(25(27,28)29)12-19(17)15-31/h5-8,12-13,23H,2-4,9-11,14-15H2,1H3,(H,30,34). The molecule has 0 bridgehead atoms. The second-order valence-electron chi connectivity index (χ2n) is 8.96. The van der Waals surface area contributed by atoms with E-state index in [0.717, 1.165) is 36.6 Å². The van der Waals surface area contributed by atoms with E-state index in [-0.39, 0.29) is 11.8 Å². The van der Waals surface area contributed by atoms with Crippen molar-refractivity contribution >= 4 is 29.1 Å². The molecule has 0 aliphatic carbocycles. The molecular formula is C25H27ClF3N3O2. The van der Waals surface area contributed by atoms with Crippen molar-refractivity contribution in [2.45, 2.75) is 57.9 Å². The van der Waals surface area contributed by atoms with Crippen LogP contribution in [-0.2, 0) is 35.3 Å². The summed E-state index contributed by atoms with van der Waals surface area (Å²) in [4.78, 5) is 28.3. The number of anilines is 1. The lowest BCUT2D eigenvalue weighted by molar-refractivity contribution is -0.138. The van der Waals surface area contributed by atoms with Gasteiger partial charge in [-0.15, -0.1) is 0 Å². The predicted molar refractivity (Wildman–Crippen MR) is 124 cm³/mol. The molecule has 4 rings (SSSR count). The van der Waals surface area contributed by atoms with Gasteiger partial charge in [-0.1, -0.05) is 23.7 Å². The number of rotatable bonds is 4. The number of likely N-dealkylation sites (tertiary alicyclic amines) is 1. The maximum absolute atomic E-state index is 13.1. The Bertz CT molecular complexity index is 1090. The van der Waals surface area contributed by atoms with Gasteiger partial charge in [0, 0.05) is 43.8 Å². The molecule has 0 radical (unpaired) electrons. The van der Waals surface area contributed by atoms with Crippen LogP contribution in [0.4, 0.5) is 18.9 Å². The molecule has 2 amide bonds. The van der Waals surface area contributed by atoms with Crippen LogP contribution in [0.15, 0.2) is 36.4 Å². The largest absolute Gasteiger partial charge is 0.416 e. The molecule has 2 aliphatic rings. The highest BCUT2D eigenvalue weighted by Crippen LogP contribution is 2.33. The van der Waals surface area contributed by atoms with Crippen molar-refractivity contribution in [2.75, 3.05) is 18.4 Å². The minimum Gasteiger partial charge on any atom is -0.331 e. The molecule has 2 aromatic carbocycles. The molecule has 0 saturated carbocycles. The van der Waals surface area contributed by atoms with E-state index >= 15 is 0 Å². The Balaban J connectivity index is 1.41. The van der Waals surface area contributed by atoms with Gasteiger partial charge < -0.3 is 10.2 Å². The van der Waals surface area contributed by atoms with Gasteiger partial charge in [0.15, 0.2) is 0 Å². The van der Waals surface area contributed by atoms with Gasteiger partial charge in [-0.3, -0.25) is 14.5 Å². The molecule has 5 nitrogen and oxygen atoms in total. The summed E-state index contributed by atoms with van der Waals surface area (Å²) in [6, 6.07) is 8.72. The van der Waals surface area contributed by atoms with Crippen molar-refractivity contribution in [2.24, 2.45) is 0 Å². The fraction of sp³-hybridized carbons (Fsp3) is 0.440. The Morgan fingerprint density at radius 3 is 2.59 bits per heavy atom. The number of hydrogen-bond acceptors (Lipinski definition) is 3. The van der Waals surface area contributed by atoms with Crippen LogP contribution in [0.25, 0.3) is 0 Å². The fourth-order valence-corrected chi connectivity index (χ4v) is 4.97. The van der Waals surface area contributed by atoms with Crippen molar-refractivity contribution in [3.63, 3.8) is 0 Å². The number of carbonyl (C=O) groups excluding carboxylic acids is 2. The maximum Gasteiger partial charge on any atom is 0.416 e. The predicted octanol–water partition coefficient (Wildman–Crippen LogP) is 5.26. The lowest BCUT2D eigenvalue weighted by Gasteiger charge is -2.34. The number of nitrogens with zero attached hydrogens (tertiary/aromatic N) is 2. The molecule has 1 saturated heterocycles. The third-order valence-electron chi connectivity index (χ3n) is 6.55. The van der Waals surface area contributed by atoms with Crippen molar-refractivity contribution in [3.8, 4) is 0 Å². The molecule has 2 heterocycles. The summed E-state index contributed by atoms with van der Waals surface area (Å²) in [5, 5.41) is 3.34. The van der Waals surface area contributed by atoms with Crippen molar-refractivity contribution in [1.29, 1.82) is 0 Å². The number of benzene rings is 2. The Morgan fingerprint density at radius 1 is 1.09 bits per heavy atom. The molecule has 1 fully saturated rings. The fourth-order valence-electron chi connectivity index (χ4n) is 4.73. The minimum atomic E-state index is -4.36. The van der Waals surface area contributed by atoms with Crippen LogP contribution in [0.5, 0.6) is 0 Å². The Hall–Kier alpha value is -2.58. The smallest absolute Gasteiger partial charge is 0.331 e. The minimum absolute atomic E-state index is 0.112.